The minimum absolute atomic E-state index is 0.702. The maximum atomic E-state index is 5.88. The molecule has 0 amide bonds. The van der Waals surface area contributed by atoms with Crippen molar-refractivity contribution in [2.24, 2.45) is 0 Å². The third-order valence-electron chi connectivity index (χ3n) is 2.84. The van der Waals surface area contributed by atoms with Crippen LogP contribution in [-0.4, -0.2) is 32.1 Å². The predicted octanol–water partition coefficient (Wildman–Crippen LogP) is 3.95. The fourth-order valence-electron chi connectivity index (χ4n) is 1.73. The molecular formula is C16H18ClNO. The fourth-order valence-corrected chi connectivity index (χ4v) is 1.86. The topological polar surface area (TPSA) is 12.5 Å². The molecule has 0 heterocycles. The molecule has 0 unspecified atom stereocenters. The van der Waals surface area contributed by atoms with Gasteiger partial charge in [-0.25, -0.2) is 0 Å². The number of halogens is 1. The number of benzene rings is 2. The zero-order valence-corrected chi connectivity index (χ0v) is 12.0. The molecule has 0 spiro atoms. The second-order valence-electron chi connectivity index (χ2n) is 4.68. The number of rotatable bonds is 5. The summed E-state index contributed by atoms with van der Waals surface area (Å²) in [5, 5.41) is 0.757. The third-order valence-corrected chi connectivity index (χ3v) is 3.09. The van der Waals surface area contributed by atoms with E-state index in [9.17, 15) is 0 Å². The van der Waals surface area contributed by atoms with E-state index in [1.165, 1.54) is 0 Å². The normalized spacial score (nSPS) is 10.7. The summed E-state index contributed by atoms with van der Waals surface area (Å²) in [6.07, 6.45) is 0. The van der Waals surface area contributed by atoms with Gasteiger partial charge in [0.15, 0.2) is 0 Å². The van der Waals surface area contributed by atoms with E-state index in [-0.39, 0.29) is 0 Å². The fraction of sp³-hybridized carbons (Fsp3) is 0.250. The first kappa shape index (κ1) is 13.9. The van der Waals surface area contributed by atoms with Crippen LogP contribution >= 0.6 is 11.6 Å². The van der Waals surface area contributed by atoms with Crippen molar-refractivity contribution in [3.63, 3.8) is 0 Å². The van der Waals surface area contributed by atoms with Gasteiger partial charge in [-0.15, -0.1) is 0 Å². The summed E-state index contributed by atoms with van der Waals surface area (Å²) in [7, 11) is 4.07. The predicted molar refractivity (Wildman–Crippen MR) is 80.9 cm³/mol. The molecule has 0 aliphatic heterocycles. The molecule has 2 rings (SSSR count). The Hall–Kier alpha value is -1.51. The molecule has 0 aliphatic rings. The van der Waals surface area contributed by atoms with Crippen molar-refractivity contribution < 1.29 is 4.74 Å². The van der Waals surface area contributed by atoms with Crippen LogP contribution in [0.4, 0.5) is 0 Å². The average Bonchev–Trinajstić information content (AvgIpc) is 2.40. The summed E-state index contributed by atoms with van der Waals surface area (Å²) < 4.78 is 5.66. The van der Waals surface area contributed by atoms with Gasteiger partial charge in [0.2, 0.25) is 0 Å². The third kappa shape index (κ3) is 4.27. The molecule has 2 nitrogen and oxygen atoms in total. The van der Waals surface area contributed by atoms with E-state index in [0.717, 1.165) is 28.4 Å². The lowest BCUT2D eigenvalue weighted by molar-refractivity contribution is 0.261. The molecule has 0 saturated heterocycles. The molecule has 0 fully saturated rings. The second kappa shape index (κ2) is 6.60. The summed E-state index contributed by atoms with van der Waals surface area (Å²) >= 11 is 5.88. The van der Waals surface area contributed by atoms with E-state index in [1.807, 2.05) is 50.5 Å². The molecule has 0 saturated carbocycles. The summed E-state index contributed by atoms with van der Waals surface area (Å²) in [5.74, 6) is 0.902. The molecule has 0 aromatic heterocycles. The van der Waals surface area contributed by atoms with Gasteiger partial charge in [0.05, 0.1) is 0 Å². The van der Waals surface area contributed by atoms with E-state index >= 15 is 0 Å². The van der Waals surface area contributed by atoms with Crippen LogP contribution in [0.25, 0.3) is 11.1 Å². The maximum absolute atomic E-state index is 5.88. The van der Waals surface area contributed by atoms with Crippen molar-refractivity contribution in [3.8, 4) is 16.9 Å². The van der Waals surface area contributed by atoms with Gasteiger partial charge in [-0.1, -0.05) is 35.9 Å². The second-order valence-corrected chi connectivity index (χ2v) is 5.12. The Morgan fingerprint density at radius 3 is 1.95 bits per heavy atom. The Morgan fingerprint density at radius 1 is 0.895 bits per heavy atom. The van der Waals surface area contributed by atoms with Crippen molar-refractivity contribution in [2.75, 3.05) is 27.2 Å². The highest BCUT2D eigenvalue weighted by Gasteiger charge is 1.99. The van der Waals surface area contributed by atoms with Crippen LogP contribution in [0.2, 0.25) is 5.02 Å². The van der Waals surface area contributed by atoms with E-state index in [4.69, 9.17) is 16.3 Å². The molecule has 2 aromatic rings. The highest BCUT2D eigenvalue weighted by molar-refractivity contribution is 6.30. The minimum Gasteiger partial charge on any atom is -0.492 e. The van der Waals surface area contributed by atoms with E-state index in [2.05, 4.69) is 17.0 Å². The minimum atomic E-state index is 0.702. The van der Waals surface area contributed by atoms with Crippen LogP contribution in [0.3, 0.4) is 0 Å². The van der Waals surface area contributed by atoms with E-state index in [0.29, 0.717) is 6.61 Å². The van der Waals surface area contributed by atoms with Gasteiger partial charge in [-0.2, -0.15) is 0 Å². The van der Waals surface area contributed by atoms with Gasteiger partial charge in [0, 0.05) is 11.6 Å². The van der Waals surface area contributed by atoms with Crippen molar-refractivity contribution in [2.45, 2.75) is 0 Å². The lowest BCUT2D eigenvalue weighted by Gasteiger charge is -2.11. The number of nitrogens with zero attached hydrogens (tertiary/aromatic N) is 1. The van der Waals surface area contributed by atoms with Crippen molar-refractivity contribution in [3.05, 3.63) is 53.6 Å². The molecule has 0 radical (unpaired) electrons. The highest BCUT2D eigenvalue weighted by Crippen LogP contribution is 2.23. The molecule has 100 valence electrons. The zero-order valence-electron chi connectivity index (χ0n) is 11.3. The SMILES string of the molecule is CN(C)CCOc1ccc(-c2ccc(Cl)cc2)cc1. The van der Waals surface area contributed by atoms with Gasteiger partial charge in [-0.3, -0.25) is 0 Å². The van der Waals surface area contributed by atoms with Crippen LogP contribution in [-0.2, 0) is 0 Å². The van der Waals surface area contributed by atoms with Crippen molar-refractivity contribution in [1.82, 2.24) is 4.90 Å². The maximum Gasteiger partial charge on any atom is 0.119 e. The van der Waals surface area contributed by atoms with Crippen molar-refractivity contribution in [1.29, 1.82) is 0 Å². The number of likely N-dealkylation sites (N-methyl/N-ethyl adjacent to an activating group) is 1. The van der Waals surface area contributed by atoms with Gasteiger partial charge >= 0.3 is 0 Å². The highest BCUT2D eigenvalue weighted by atomic mass is 35.5. The Bertz CT molecular complexity index is 505. The first-order chi connectivity index (χ1) is 9.15. The zero-order chi connectivity index (χ0) is 13.7. The number of hydrogen-bond donors (Lipinski definition) is 0. The van der Waals surface area contributed by atoms with Crippen molar-refractivity contribution >= 4 is 11.6 Å². The van der Waals surface area contributed by atoms with Crippen LogP contribution in [0, 0.1) is 0 Å². The van der Waals surface area contributed by atoms with Crippen LogP contribution < -0.4 is 4.74 Å². The lowest BCUT2D eigenvalue weighted by atomic mass is 10.1. The van der Waals surface area contributed by atoms with Crippen LogP contribution in [0.15, 0.2) is 48.5 Å². The van der Waals surface area contributed by atoms with Gasteiger partial charge in [0.1, 0.15) is 12.4 Å². The molecule has 0 bridgehead atoms. The Morgan fingerprint density at radius 2 is 1.42 bits per heavy atom. The lowest BCUT2D eigenvalue weighted by Crippen LogP contribution is -2.19. The van der Waals surface area contributed by atoms with Crippen LogP contribution in [0.5, 0.6) is 5.75 Å². The number of ether oxygens (including phenoxy) is 1. The van der Waals surface area contributed by atoms with Gasteiger partial charge in [-0.05, 0) is 49.5 Å². The smallest absolute Gasteiger partial charge is 0.119 e. The Kier molecular flexibility index (Phi) is 4.83. The largest absolute Gasteiger partial charge is 0.492 e. The van der Waals surface area contributed by atoms with Gasteiger partial charge in [0.25, 0.3) is 0 Å². The van der Waals surface area contributed by atoms with Crippen LogP contribution in [0.1, 0.15) is 0 Å². The standard InChI is InChI=1S/C16H18ClNO/c1-18(2)11-12-19-16-9-5-14(6-10-16)13-3-7-15(17)8-4-13/h3-10H,11-12H2,1-2H3. The molecule has 0 aliphatic carbocycles. The monoisotopic (exact) mass is 275 g/mol. The van der Waals surface area contributed by atoms with E-state index in [1.54, 1.807) is 0 Å². The molecular weight excluding hydrogens is 258 g/mol. The summed E-state index contributed by atoms with van der Waals surface area (Å²) in [6.45, 7) is 1.62. The Balaban J connectivity index is 2.00. The molecule has 0 N–H and O–H groups in total. The summed E-state index contributed by atoms with van der Waals surface area (Å²) in [5.41, 5.74) is 2.32. The summed E-state index contributed by atoms with van der Waals surface area (Å²) in [6, 6.07) is 16.0. The Labute approximate surface area is 119 Å². The number of hydrogen-bond acceptors (Lipinski definition) is 2. The average molecular weight is 276 g/mol. The quantitative estimate of drug-likeness (QED) is 0.819. The van der Waals surface area contributed by atoms with E-state index < -0.39 is 0 Å². The first-order valence-electron chi connectivity index (χ1n) is 6.29. The molecule has 2 aromatic carbocycles. The molecule has 19 heavy (non-hydrogen) atoms. The van der Waals surface area contributed by atoms with Gasteiger partial charge < -0.3 is 9.64 Å². The molecule has 0 atom stereocenters. The summed E-state index contributed by atoms with van der Waals surface area (Å²) in [4.78, 5) is 2.10. The first-order valence-corrected chi connectivity index (χ1v) is 6.66. The molecule has 3 heteroatoms.